The second-order valence-corrected chi connectivity index (χ2v) is 6.67. The van der Waals surface area contributed by atoms with E-state index in [1.54, 1.807) is 4.90 Å². The molecule has 0 aromatic carbocycles. The monoisotopic (exact) mass is 298 g/mol. The molecule has 2 heterocycles. The van der Waals surface area contributed by atoms with Crippen LogP contribution in [0.2, 0.25) is 0 Å². The molecule has 6 heteroatoms. The molecule has 0 aromatic rings. The van der Waals surface area contributed by atoms with Crippen LogP contribution in [0, 0.1) is 0 Å². The maximum Gasteiger partial charge on any atom is 0.410 e. The van der Waals surface area contributed by atoms with Crippen LogP contribution >= 0.6 is 0 Å². The molecule has 2 aliphatic rings. The van der Waals surface area contributed by atoms with E-state index >= 15 is 0 Å². The van der Waals surface area contributed by atoms with E-state index in [0.717, 1.165) is 25.9 Å². The van der Waals surface area contributed by atoms with Gasteiger partial charge < -0.3 is 19.3 Å². The highest BCUT2D eigenvalue weighted by Crippen LogP contribution is 2.16. The van der Waals surface area contributed by atoms with E-state index in [-0.39, 0.29) is 18.5 Å². The van der Waals surface area contributed by atoms with Gasteiger partial charge in [-0.1, -0.05) is 0 Å². The minimum atomic E-state index is -0.552. The van der Waals surface area contributed by atoms with Gasteiger partial charge in [-0.25, -0.2) is 4.79 Å². The van der Waals surface area contributed by atoms with Crippen LogP contribution < -0.4 is 0 Å². The molecule has 0 aliphatic carbocycles. The quantitative estimate of drug-likeness (QED) is 0.738. The van der Waals surface area contributed by atoms with Crippen molar-refractivity contribution in [2.45, 2.75) is 51.7 Å². The molecule has 0 saturated carbocycles. The van der Waals surface area contributed by atoms with Crippen molar-refractivity contribution in [2.24, 2.45) is 0 Å². The summed E-state index contributed by atoms with van der Waals surface area (Å²) in [4.78, 5) is 27.9. The highest BCUT2D eigenvalue weighted by molar-refractivity contribution is 5.82. The molecule has 2 fully saturated rings. The van der Waals surface area contributed by atoms with Gasteiger partial charge in [0.15, 0.2) is 6.10 Å². The van der Waals surface area contributed by atoms with Crippen LogP contribution in [0.1, 0.15) is 40.0 Å². The van der Waals surface area contributed by atoms with Crippen molar-refractivity contribution >= 4 is 12.0 Å². The second-order valence-electron chi connectivity index (χ2n) is 6.67. The van der Waals surface area contributed by atoms with Crippen molar-refractivity contribution in [3.05, 3.63) is 0 Å². The number of carbonyl (C=O) groups is 2. The SMILES string of the molecule is CC(C)(C)OC(=O)N1CCOC(C(=O)N2CCCCC2)C1. The van der Waals surface area contributed by atoms with Crippen molar-refractivity contribution in [2.75, 3.05) is 32.8 Å². The topological polar surface area (TPSA) is 59.1 Å². The van der Waals surface area contributed by atoms with Crippen LogP contribution in [0.5, 0.6) is 0 Å². The fourth-order valence-corrected chi connectivity index (χ4v) is 2.61. The predicted octanol–water partition coefficient (Wildman–Crippen LogP) is 1.63. The Hall–Kier alpha value is -1.30. The Labute approximate surface area is 126 Å². The van der Waals surface area contributed by atoms with Gasteiger partial charge >= 0.3 is 6.09 Å². The van der Waals surface area contributed by atoms with Gasteiger partial charge in [0.25, 0.3) is 5.91 Å². The molecule has 6 nitrogen and oxygen atoms in total. The highest BCUT2D eigenvalue weighted by Gasteiger charge is 2.34. The number of rotatable bonds is 1. The first-order chi connectivity index (χ1) is 9.87. The molecule has 1 atom stereocenters. The summed E-state index contributed by atoms with van der Waals surface area (Å²) in [6.07, 6.45) is 2.36. The van der Waals surface area contributed by atoms with Gasteiger partial charge in [0.05, 0.1) is 13.2 Å². The summed E-state index contributed by atoms with van der Waals surface area (Å²) in [6.45, 7) is 8.23. The Bertz CT molecular complexity index is 386. The van der Waals surface area contributed by atoms with Gasteiger partial charge in [-0.2, -0.15) is 0 Å². The van der Waals surface area contributed by atoms with E-state index in [2.05, 4.69) is 0 Å². The fourth-order valence-electron chi connectivity index (χ4n) is 2.61. The lowest BCUT2D eigenvalue weighted by Gasteiger charge is -2.36. The largest absolute Gasteiger partial charge is 0.444 e. The zero-order chi connectivity index (χ0) is 15.5. The van der Waals surface area contributed by atoms with Crippen LogP contribution in [-0.4, -0.2) is 66.3 Å². The number of nitrogens with zero attached hydrogens (tertiary/aromatic N) is 2. The molecule has 2 aliphatic heterocycles. The molecule has 2 saturated heterocycles. The summed E-state index contributed by atoms with van der Waals surface area (Å²) in [5.41, 5.74) is -0.526. The average molecular weight is 298 g/mol. The number of hydrogen-bond donors (Lipinski definition) is 0. The van der Waals surface area contributed by atoms with E-state index < -0.39 is 11.7 Å². The van der Waals surface area contributed by atoms with Crippen LogP contribution in [0.3, 0.4) is 0 Å². The lowest BCUT2D eigenvalue weighted by Crippen LogP contribution is -2.54. The predicted molar refractivity (Wildman–Crippen MR) is 78.0 cm³/mol. The molecule has 0 radical (unpaired) electrons. The van der Waals surface area contributed by atoms with E-state index in [0.29, 0.717) is 13.2 Å². The molecule has 1 unspecified atom stereocenters. The smallest absolute Gasteiger partial charge is 0.410 e. The number of morpholine rings is 1. The van der Waals surface area contributed by atoms with Crippen molar-refractivity contribution in [1.82, 2.24) is 9.80 Å². The molecular weight excluding hydrogens is 272 g/mol. The zero-order valence-corrected chi connectivity index (χ0v) is 13.3. The lowest BCUT2D eigenvalue weighted by molar-refractivity contribution is -0.149. The Morgan fingerprint density at radius 1 is 1.05 bits per heavy atom. The van der Waals surface area contributed by atoms with E-state index in [1.807, 2.05) is 25.7 Å². The molecular formula is C15H26N2O4. The standard InChI is InChI=1S/C15H26N2O4/c1-15(2,3)21-14(19)17-9-10-20-12(11-17)13(18)16-7-5-4-6-8-16/h12H,4-11H2,1-3H3. The van der Waals surface area contributed by atoms with E-state index in [9.17, 15) is 9.59 Å². The number of hydrogen-bond acceptors (Lipinski definition) is 4. The van der Waals surface area contributed by atoms with Crippen LogP contribution in [-0.2, 0) is 14.3 Å². The summed E-state index contributed by atoms with van der Waals surface area (Å²) in [5, 5.41) is 0. The van der Waals surface area contributed by atoms with Crippen LogP contribution in [0.4, 0.5) is 4.79 Å². The summed E-state index contributed by atoms with van der Waals surface area (Å²) in [5.74, 6) is 0.00274. The molecule has 2 rings (SSSR count). The third kappa shape index (κ3) is 4.59. The number of piperidine rings is 1. The molecule has 120 valence electrons. The van der Waals surface area contributed by atoms with E-state index in [4.69, 9.17) is 9.47 Å². The number of carbonyl (C=O) groups excluding carboxylic acids is 2. The maximum absolute atomic E-state index is 12.4. The van der Waals surface area contributed by atoms with Gasteiger partial charge in [0.2, 0.25) is 0 Å². The van der Waals surface area contributed by atoms with Crippen molar-refractivity contribution in [3.8, 4) is 0 Å². The minimum absolute atomic E-state index is 0.00274. The average Bonchev–Trinajstić information content (AvgIpc) is 2.46. The van der Waals surface area contributed by atoms with Gasteiger partial charge in [-0.3, -0.25) is 4.79 Å². The highest BCUT2D eigenvalue weighted by atomic mass is 16.6. The van der Waals surface area contributed by atoms with Gasteiger partial charge in [-0.05, 0) is 40.0 Å². The Morgan fingerprint density at radius 3 is 2.33 bits per heavy atom. The molecule has 0 spiro atoms. The summed E-state index contributed by atoms with van der Waals surface area (Å²) >= 11 is 0. The molecule has 21 heavy (non-hydrogen) atoms. The van der Waals surface area contributed by atoms with Crippen molar-refractivity contribution in [1.29, 1.82) is 0 Å². The lowest BCUT2D eigenvalue weighted by atomic mass is 10.1. The summed E-state index contributed by atoms with van der Waals surface area (Å²) < 4.78 is 10.9. The number of likely N-dealkylation sites (tertiary alicyclic amines) is 1. The normalized spacial score (nSPS) is 23.9. The molecule has 0 aromatic heterocycles. The first kappa shape index (κ1) is 16.1. The third-order valence-electron chi connectivity index (χ3n) is 3.66. The van der Waals surface area contributed by atoms with Gasteiger partial charge in [0.1, 0.15) is 5.60 Å². The molecule has 0 N–H and O–H groups in total. The zero-order valence-electron chi connectivity index (χ0n) is 13.3. The minimum Gasteiger partial charge on any atom is -0.444 e. The van der Waals surface area contributed by atoms with E-state index in [1.165, 1.54) is 6.42 Å². The Morgan fingerprint density at radius 2 is 1.71 bits per heavy atom. The van der Waals surface area contributed by atoms with Crippen molar-refractivity contribution < 1.29 is 19.1 Å². The van der Waals surface area contributed by atoms with Crippen LogP contribution in [0.25, 0.3) is 0 Å². The van der Waals surface area contributed by atoms with Crippen molar-refractivity contribution in [3.63, 3.8) is 0 Å². The first-order valence-electron chi connectivity index (χ1n) is 7.75. The number of ether oxygens (including phenoxy) is 2. The first-order valence-corrected chi connectivity index (χ1v) is 7.75. The van der Waals surface area contributed by atoms with Gasteiger partial charge in [-0.15, -0.1) is 0 Å². The fraction of sp³-hybridized carbons (Fsp3) is 0.867. The summed E-state index contributed by atoms with van der Waals surface area (Å²) in [6, 6.07) is 0. The Balaban J connectivity index is 1.90. The molecule has 2 amide bonds. The Kier molecular flexibility index (Phi) is 5.08. The van der Waals surface area contributed by atoms with Crippen LogP contribution in [0.15, 0.2) is 0 Å². The second kappa shape index (κ2) is 6.64. The summed E-state index contributed by atoms with van der Waals surface area (Å²) in [7, 11) is 0. The number of amides is 2. The molecule has 0 bridgehead atoms. The third-order valence-corrected chi connectivity index (χ3v) is 3.66. The maximum atomic E-state index is 12.4. The van der Waals surface area contributed by atoms with Gasteiger partial charge in [0, 0.05) is 19.6 Å².